The van der Waals surface area contributed by atoms with Gasteiger partial charge in [-0.15, -0.1) is 0 Å². The van der Waals surface area contributed by atoms with E-state index < -0.39 is 0 Å². The predicted octanol–water partition coefficient (Wildman–Crippen LogP) is 2.96. The van der Waals surface area contributed by atoms with Crippen molar-refractivity contribution in [2.24, 2.45) is 0 Å². The minimum absolute atomic E-state index is 0.867. The third-order valence-electron chi connectivity index (χ3n) is 4.71. The molecule has 3 heterocycles. The van der Waals surface area contributed by atoms with Gasteiger partial charge in [-0.25, -0.2) is 4.98 Å². The normalized spacial score (nSPS) is 15.5. The van der Waals surface area contributed by atoms with Crippen molar-refractivity contribution in [3.05, 3.63) is 60.4 Å². The highest BCUT2D eigenvalue weighted by Crippen LogP contribution is 2.23. The summed E-state index contributed by atoms with van der Waals surface area (Å²) in [7, 11) is 1.69. The van der Waals surface area contributed by atoms with Crippen LogP contribution in [0.25, 0.3) is 10.9 Å². The Labute approximate surface area is 147 Å². The summed E-state index contributed by atoms with van der Waals surface area (Å²) in [5, 5.41) is 1.11. The number of fused-ring (bicyclic) bond motifs is 1. The van der Waals surface area contributed by atoms with Gasteiger partial charge in [0.25, 0.3) is 0 Å². The molecule has 0 saturated carbocycles. The summed E-state index contributed by atoms with van der Waals surface area (Å²) in [5.74, 6) is 1.92. The molecule has 0 spiro atoms. The van der Waals surface area contributed by atoms with Gasteiger partial charge in [-0.1, -0.05) is 6.07 Å². The lowest BCUT2D eigenvalue weighted by Gasteiger charge is -2.35. The largest absolute Gasteiger partial charge is 0.497 e. The lowest BCUT2D eigenvalue weighted by Crippen LogP contribution is -2.46. The van der Waals surface area contributed by atoms with Gasteiger partial charge < -0.3 is 9.64 Å². The summed E-state index contributed by atoms with van der Waals surface area (Å²) < 4.78 is 5.28. The first-order chi connectivity index (χ1) is 12.3. The Morgan fingerprint density at radius 3 is 2.68 bits per heavy atom. The van der Waals surface area contributed by atoms with E-state index in [1.807, 2.05) is 36.7 Å². The van der Waals surface area contributed by atoms with Crippen LogP contribution in [-0.2, 0) is 6.54 Å². The molecule has 5 heteroatoms. The average Bonchev–Trinajstić information content (AvgIpc) is 2.68. The quantitative estimate of drug-likeness (QED) is 0.734. The lowest BCUT2D eigenvalue weighted by atomic mass is 10.2. The zero-order valence-corrected chi connectivity index (χ0v) is 14.4. The number of rotatable bonds is 4. The predicted molar refractivity (Wildman–Crippen MR) is 100 cm³/mol. The summed E-state index contributed by atoms with van der Waals surface area (Å²) in [6.45, 7) is 5.03. The van der Waals surface area contributed by atoms with Crippen LogP contribution in [0, 0.1) is 0 Å². The van der Waals surface area contributed by atoms with Crippen LogP contribution in [0.2, 0.25) is 0 Å². The highest BCUT2D eigenvalue weighted by molar-refractivity contribution is 5.81. The number of aromatic nitrogens is 2. The zero-order chi connectivity index (χ0) is 17.1. The van der Waals surface area contributed by atoms with Crippen LogP contribution in [0.3, 0.4) is 0 Å². The van der Waals surface area contributed by atoms with Gasteiger partial charge in [-0.3, -0.25) is 9.88 Å². The maximum atomic E-state index is 5.28. The first-order valence-corrected chi connectivity index (χ1v) is 8.63. The second-order valence-corrected chi connectivity index (χ2v) is 6.35. The van der Waals surface area contributed by atoms with Crippen LogP contribution in [0.4, 0.5) is 5.82 Å². The first-order valence-electron chi connectivity index (χ1n) is 8.63. The number of methoxy groups -OCH3 is 1. The molecule has 0 N–H and O–H groups in total. The van der Waals surface area contributed by atoms with E-state index in [2.05, 4.69) is 33.0 Å². The SMILES string of the molecule is COc1ccc2nc(N3CCN(Cc4cccnc4)CC3)ccc2c1. The Balaban J connectivity index is 1.42. The number of ether oxygens (including phenoxy) is 1. The summed E-state index contributed by atoms with van der Waals surface area (Å²) >= 11 is 0. The maximum absolute atomic E-state index is 5.28. The topological polar surface area (TPSA) is 41.5 Å². The molecule has 1 aliphatic rings. The Morgan fingerprint density at radius 1 is 1.04 bits per heavy atom. The Bertz CT molecular complexity index is 845. The highest BCUT2D eigenvalue weighted by atomic mass is 16.5. The maximum Gasteiger partial charge on any atom is 0.129 e. The van der Waals surface area contributed by atoms with Crippen LogP contribution in [0.15, 0.2) is 54.9 Å². The second kappa shape index (κ2) is 7.07. The van der Waals surface area contributed by atoms with E-state index in [0.717, 1.165) is 55.2 Å². The molecule has 1 aliphatic heterocycles. The molecule has 0 bridgehead atoms. The van der Waals surface area contributed by atoms with E-state index in [9.17, 15) is 0 Å². The fourth-order valence-electron chi connectivity index (χ4n) is 3.28. The van der Waals surface area contributed by atoms with Gasteiger partial charge in [0.15, 0.2) is 0 Å². The zero-order valence-electron chi connectivity index (χ0n) is 14.4. The number of pyridine rings is 2. The minimum atomic E-state index is 0.867. The molecule has 1 aromatic carbocycles. The number of benzene rings is 1. The Kier molecular flexibility index (Phi) is 4.48. The van der Waals surface area contributed by atoms with Gasteiger partial charge in [0.1, 0.15) is 11.6 Å². The van der Waals surface area contributed by atoms with Gasteiger partial charge in [0.05, 0.1) is 12.6 Å². The van der Waals surface area contributed by atoms with Crippen molar-refractivity contribution < 1.29 is 4.74 Å². The van der Waals surface area contributed by atoms with E-state index in [1.165, 1.54) is 5.56 Å². The molecule has 25 heavy (non-hydrogen) atoms. The minimum Gasteiger partial charge on any atom is -0.497 e. The molecule has 0 radical (unpaired) electrons. The highest BCUT2D eigenvalue weighted by Gasteiger charge is 2.18. The summed E-state index contributed by atoms with van der Waals surface area (Å²) in [6, 6.07) is 14.4. The van der Waals surface area contributed by atoms with Crippen LogP contribution >= 0.6 is 0 Å². The lowest BCUT2D eigenvalue weighted by molar-refractivity contribution is 0.249. The number of anilines is 1. The average molecular weight is 334 g/mol. The van der Waals surface area contributed by atoms with E-state index in [4.69, 9.17) is 9.72 Å². The molecule has 0 atom stereocenters. The molecule has 1 saturated heterocycles. The molecular formula is C20H22N4O. The van der Waals surface area contributed by atoms with Crippen molar-refractivity contribution in [2.75, 3.05) is 38.2 Å². The molecule has 0 amide bonds. The molecular weight excluding hydrogens is 312 g/mol. The molecule has 128 valence electrons. The van der Waals surface area contributed by atoms with Gasteiger partial charge in [0, 0.05) is 50.5 Å². The summed E-state index contributed by atoms with van der Waals surface area (Å²) in [4.78, 5) is 13.9. The monoisotopic (exact) mass is 334 g/mol. The Morgan fingerprint density at radius 2 is 1.92 bits per heavy atom. The van der Waals surface area contributed by atoms with Crippen LogP contribution in [-0.4, -0.2) is 48.2 Å². The number of hydrogen-bond donors (Lipinski definition) is 0. The van der Waals surface area contributed by atoms with Crippen molar-refractivity contribution >= 4 is 16.7 Å². The molecule has 0 unspecified atom stereocenters. The van der Waals surface area contributed by atoms with Gasteiger partial charge >= 0.3 is 0 Å². The molecule has 5 nitrogen and oxygen atoms in total. The fourth-order valence-corrected chi connectivity index (χ4v) is 3.28. The van der Waals surface area contributed by atoms with Crippen LogP contribution < -0.4 is 9.64 Å². The molecule has 2 aromatic heterocycles. The first kappa shape index (κ1) is 15.8. The van der Waals surface area contributed by atoms with E-state index >= 15 is 0 Å². The van der Waals surface area contributed by atoms with E-state index in [-0.39, 0.29) is 0 Å². The van der Waals surface area contributed by atoms with Crippen molar-refractivity contribution in [2.45, 2.75) is 6.54 Å². The molecule has 4 rings (SSSR count). The third kappa shape index (κ3) is 3.56. The number of piperazine rings is 1. The second-order valence-electron chi connectivity index (χ2n) is 6.35. The van der Waals surface area contributed by atoms with Gasteiger partial charge in [-0.2, -0.15) is 0 Å². The standard InChI is InChI=1S/C20H22N4O/c1-25-18-5-6-19-17(13-18)4-7-20(22-19)24-11-9-23(10-12-24)15-16-3-2-8-21-14-16/h2-8,13-14H,9-12,15H2,1H3. The third-order valence-corrected chi connectivity index (χ3v) is 4.71. The molecule has 3 aromatic rings. The Hall–Kier alpha value is -2.66. The van der Waals surface area contributed by atoms with Gasteiger partial charge in [-0.05, 0) is 42.0 Å². The van der Waals surface area contributed by atoms with Crippen molar-refractivity contribution in [3.8, 4) is 5.75 Å². The molecule has 1 fully saturated rings. The number of nitrogens with zero attached hydrogens (tertiary/aromatic N) is 4. The van der Waals surface area contributed by atoms with Crippen LogP contribution in [0.5, 0.6) is 5.75 Å². The van der Waals surface area contributed by atoms with Crippen molar-refractivity contribution in [3.63, 3.8) is 0 Å². The fraction of sp³-hybridized carbons (Fsp3) is 0.300. The van der Waals surface area contributed by atoms with E-state index in [1.54, 1.807) is 7.11 Å². The van der Waals surface area contributed by atoms with Crippen molar-refractivity contribution in [1.29, 1.82) is 0 Å². The number of hydrogen-bond acceptors (Lipinski definition) is 5. The summed E-state index contributed by atoms with van der Waals surface area (Å²) in [5.41, 5.74) is 2.28. The van der Waals surface area contributed by atoms with Crippen molar-refractivity contribution in [1.82, 2.24) is 14.9 Å². The van der Waals surface area contributed by atoms with Gasteiger partial charge in [0.2, 0.25) is 0 Å². The molecule has 0 aliphatic carbocycles. The van der Waals surface area contributed by atoms with E-state index in [0.29, 0.717) is 0 Å². The van der Waals surface area contributed by atoms with Crippen LogP contribution in [0.1, 0.15) is 5.56 Å². The smallest absolute Gasteiger partial charge is 0.129 e. The summed E-state index contributed by atoms with van der Waals surface area (Å²) in [6.07, 6.45) is 3.77.